The Kier molecular flexibility index (Phi) is 12.4. The van der Waals surface area contributed by atoms with E-state index in [9.17, 15) is 29.8 Å². The summed E-state index contributed by atoms with van der Waals surface area (Å²) in [6.45, 7) is 2.59. The largest absolute Gasteiger partial charge is 0.490 e. The van der Waals surface area contributed by atoms with Crippen LogP contribution >= 0.6 is 11.8 Å². The van der Waals surface area contributed by atoms with Crippen molar-refractivity contribution in [1.82, 2.24) is 10.7 Å². The lowest BCUT2D eigenvalue weighted by atomic mass is 10.1. The van der Waals surface area contributed by atoms with Gasteiger partial charge in [-0.25, -0.2) is 5.43 Å². The standard InChI is InChI=1S/C33H31N5O8S/c1-2-45-31-15-25(13-14-30(31)46-20-23-9-5-3-6-10-23)19-34-36-33(40)29(22-47-21-24-11-7-4-8-12-24)35-32(39)26-16-27(37(41)42)18-28(17-26)38(43)44/h3-19,29H,2,20-22H2,1H3,(H,35,39)(H,36,40)/b34-19-/t29-/m0/s1. The van der Waals surface area contributed by atoms with Crippen molar-refractivity contribution in [3.8, 4) is 11.5 Å². The number of hydrogen-bond acceptors (Lipinski definition) is 10. The summed E-state index contributed by atoms with van der Waals surface area (Å²) in [5, 5.41) is 29.2. The highest BCUT2D eigenvalue weighted by molar-refractivity contribution is 7.98. The number of nitro benzene ring substituents is 2. The topological polar surface area (TPSA) is 175 Å². The Morgan fingerprint density at radius 3 is 2.11 bits per heavy atom. The molecule has 0 bridgehead atoms. The van der Waals surface area contributed by atoms with Gasteiger partial charge in [-0.2, -0.15) is 16.9 Å². The van der Waals surface area contributed by atoms with Crippen LogP contribution in [0.5, 0.6) is 11.5 Å². The zero-order valence-corrected chi connectivity index (χ0v) is 26.1. The zero-order chi connectivity index (χ0) is 33.6. The van der Waals surface area contributed by atoms with Gasteiger partial charge < -0.3 is 14.8 Å². The first-order chi connectivity index (χ1) is 22.7. The molecule has 0 radical (unpaired) electrons. The smallest absolute Gasteiger partial charge is 0.277 e. The predicted molar refractivity (Wildman–Crippen MR) is 178 cm³/mol. The summed E-state index contributed by atoms with van der Waals surface area (Å²) in [4.78, 5) is 47.3. The van der Waals surface area contributed by atoms with E-state index >= 15 is 0 Å². The van der Waals surface area contributed by atoms with Crippen LogP contribution in [0.4, 0.5) is 11.4 Å². The van der Waals surface area contributed by atoms with Crippen molar-refractivity contribution < 1.29 is 28.9 Å². The number of hydrogen-bond donors (Lipinski definition) is 2. The lowest BCUT2D eigenvalue weighted by Crippen LogP contribution is -2.47. The van der Waals surface area contributed by atoms with Crippen LogP contribution in [0.25, 0.3) is 0 Å². The van der Waals surface area contributed by atoms with Crippen molar-refractivity contribution in [2.75, 3.05) is 12.4 Å². The Bertz CT molecular complexity index is 1710. The van der Waals surface area contributed by atoms with Crippen LogP contribution in [0, 0.1) is 20.2 Å². The normalized spacial score (nSPS) is 11.4. The second-order valence-electron chi connectivity index (χ2n) is 9.93. The molecule has 0 saturated heterocycles. The molecular formula is C33H31N5O8S. The molecular weight excluding hydrogens is 626 g/mol. The van der Waals surface area contributed by atoms with Gasteiger partial charge in [0.05, 0.1) is 34.3 Å². The number of nitrogens with zero attached hydrogens (tertiary/aromatic N) is 3. The molecule has 1 atom stereocenters. The fourth-order valence-corrected chi connectivity index (χ4v) is 5.22. The Hall–Kier alpha value is -5.76. The summed E-state index contributed by atoms with van der Waals surface area (Å²) >= 11 is 1.36. The number of thioether (sulfide) groups is 1. The number of amides is 2. The molecule has 0 saturated carbocycles. The number of carbonyl (C=O) groups is 2. The number of non-ortho nitro benzene ring substituents is 2. The van der Waals surface area contributed by atoms with Gasteiger partial charge >= 0.3 is 0 Å². The van der Waals surface area contributed by atoms with E-state index in [4.69, 9.17) is 9.47 Å². The van der Waals surface area contributed by atoms with Gasteiger partial charge in [-0.05, 0) is 41.8 Å². The second-order valence-corrected chi connectivity index (χ2v) is 11.0. The third-order valence-corrected chi connectivity index (χ3v) is 7.60. The maximum absolute atomic E-state index is 13.2. The third kappa shape index (κ3) is 10.4. The van der Waals surface area contributed by atoms with E-state index in [1.165, 1.54) is 18.0 Å². The number of hydrazone groups is 1. The van der Waals surface area contributed by atoms with Gasteiger partial charge in [0.2, 0.25) is 0 Å². The lowest BCUT2D eigenvalue weighted by Gasteiger charge is -2.17. The maximum atomic E-state index is 13.2. The first kappa shape index (κ1) is 34.1. The summed E-state index contributed by atoms with van der Waals surface area (Å²) in [5.74, 6) is 0.117. The number of carbonyl (C=O) groups excluding carboxylic acids is 2. The molecule has 13 nitrogen and oxygen atoms in total. The van der Waals surface area contributed by atoms with E-state index in [-0.39, 0.29) is 11.3 Å². The van der Waals surface area contributed by atoms with Gasteiger partial charge in [-0.3, -0.25) is 29.8 Å². The monoisotopic (exact) mass is 657 g/mol. The quantitative estimate of drug-likeness (QED) is 0.0874. The minimum absolute atomic E-state index is 0.112. The molecule has 0 aromatic heterocycles. The molecule has 4 aromatic carbocycles. The average molecular weight is 658 g/mol. The molecule has 242 valence electrons. The molecule has 4 rings (SSSR count). The number of rotatable bonds is 16. The molecule has 0 fully saturated rings. The van der Waals surface area contributed by atoms with Crippen LogP contribution in [0.15, 0.2) is 102 Å². The average Bonchev–Trinajstić information content (AvgIpc) is 3.08. The maximum Gasteiger partial charge on any atom is 0.277 e. The van der Waals surface area contributed by atoms with Crippen molar-refractivity contribution in [1.29, 1.82) is 0 Å². The molecule has 0 aliphatic rings. The predicted octanol–water partition coefficient (Wildman–Crippen LogP) is 5.66. The van der Waals surface area contributed by atoms with E-state index < -0.39 is 39.1 Å². The Labute approximate surface area is 274 Å². The molecule has 4 aromatic rings. The van der Waals surface area contributed by atoms with Gasteiger partial charge in [-0.15, -0.1) is 0 Å². The van der Waals surface area contributed by atoms with E-state index in [2.05, 4.69) is 15.8 Å². The van der Waals surface area contributed by atoms with Crippen LogP contribution in [-0.4, -0.2) is 46.3 Å². The molecule has 2 amide bonds. The summed E-state index contributed by atoms with van der Waals surface area (Å²) in [5.41, 5.74) is 3.42. The molecule has 0 unspecified atom stereocenters. The molecule has 0 aliphatic carbocycles. The van der Waals surface area contributed by atoms with Crippen LogP contribution in [0.2, 0.25) is 0 Å². The van der Waals surface area contributed by atoms with Gasteiger partial charge in [0, 0.05) is 23.6 Å². The van der Waals surface area contributed by atoms with Crippen LogP contribution in [0.3, 0.4) is 0 Å². The molecule has 14 heteroatoms. The number of nitro groups is 2. The Morgan fingerprint density at radius 2 is 1.49 bits per heavy atom. The minimum Gasteiger partial charge on any atom is -0.490 e. The SMILES string of the molecule is CCOc1cc(/C=N\NC(=O)[C@H](CSCc2ccccc2)NC(=O)c2cc([N+](=O)[O-])cc([N+](=O)[O-])c2)ccc1OCc1ccccc1. The Morgan fingerprint density at radius 1 is 0.851 bits per heavy atom. The molecule has 0 heterocycles. The molecule has 47 heavy (non-hydrogen) atoms. The van der Waals surface area contributed by atoms with Gasteiger partial charge in [0.1, 0.15) is 12.6 Å². The third-order valence-electron chi connectivity index (χ3n) is 6.50. The summed E-state index contributed by atoms with van der Waals surface area (Å²) in [6.07, 6.45) is 1.40. The van der Waals surface area contributed by atoms with Crippen molar-refractivity contribution >= 4 is 41.2 Å². The highest BCUT2D eigenvalue weighted by atomic mass is 32.2. The van der Waals surface area contributed by atoms with Gasteiger partial charge in [0.15, 0.2) is 11.5 Å². The zero-order valence-electron chi connectivity index (χ0n) is 25.2. The van der Waals surface area contributed by atoms with Crippen molar-refractivity contribution in [3.63, 3.8) is 0 Å². The van der Waals surface area contributed by atoms with Crippen LogP contribution < -0.4 is 20.2 Å². The molecule has 0 aliphatic heterocycles. The lowest BCUT2D eigenvalue weighted by molar-refractivity contribution is -0.394. The summed E-state index contributed by atoms with van der Waals surface area (Å²) in [7, 11) is 0. The summed E-state index contributed by atoms with van der Waals surface area (Å²) < 4.78 is 11.7. The highest BCUT2D eigenvalue weighted by Crippen LogP contribution is 2.29. The van der Waals surface area contributed by atoms with E-state index in [0.29, 0.717) is 36.0 Å². The fraction of sp³-hybridized carbons (Fsp3) is 0.182. The number of nitrogens with one attached hydrogen (secondary N) is 2. The Balaban J connectivity index is 1.47. The first-order valence-electron chi connectivity index (χ1n) is 14.4. The van der Waals surface area contributed by atoms with Gasteiger partial charge in [-0.1, -0.05) is 60.7 Å². The van der Waals surface area contributed by atoms with Crippen molar-refractivity contribution in [3.05, 3.63) is 140 Å². The van der Waals surface area contributed by atoms with Crippen LogP contribution in [-0.2, 0) is 17.2 Å². The number of benzene rings is 4. The summed E-state index contributed by atoms with van der Waals surface area (Å²) in [6, 6.07) is 25.8. The first-order valence-corrected chi connectivity index (χ1v) is 15.5. The fourth-order valence-electron chi connectivity index (χ4n) is 4.21. The van der Waals surface area contributed by atoms with E-state index in [1.807, 2.05) is 67.6 Å². The van der Waals surface area contributed by atoms with Crippen molar-refractivity contribution in [2.24, 2.45) is 5.10 Å². The van der Waals surface area contributed by atoms with E-state index in [0.717, 1.165) is 29.3 Å². The number of ether oxygens (including phenoxy) is 2. The van der Waals surface area contributed by atoms with Crippen molar-refractivity contribution in [2.45, 2.75) is 25.3 Å². The van der Waals surface area contributed by atoms with Gasteiger partial charge in [0.25, 0.3) is 23.2 Å². The minimum atomic E-state index is -1.14. The molecule has 0 spiro atoms. The molecule has 2 N–H and O–H groups in total. The highest BCUT2D eigenvalue weighted by Gasteiger charge is 2.25. The van der Waals surface area contributed by atoms with Crippen LogP contribution in [0.1, 0.15) is 34.0 Å². The second kappa shape index (κ2) is 17.1. The van der Waals surface area contributed by atoms with E-state index in [1.54, 1.807) is 18.2 Å².